The summed E-state index contributed by atoms with van der Waals surface area (Å²) in [4.78, 5) is 2.49. The summed E-state index contributed by atoms with van der Waals surface area (Å²) in [5, 5.41) is 3.47. The fourth-order valence-electron chi connectivity index (χ4n) is 2.04. The molecule has 1 atom stereocenters. The van der Waals surface area contributed by atoms with E-state index in [0.29, 0.717) is 0 Å². The largest absolute Gasteiger partial charge is 0.316 e. The molecule has 1 saturated heterocycles. The van der Waals surface area contributed by atoms with E-state index in [1.54, 1.807) is 0 Å². The third-order valence-corrected chi connectivity index (χ3v) is 2.86. The first-order chi connectivity index (χ1) is 6.33. The molecule has 0 aromatic rings. The lowest BCUT2D eigenvalue weighted by Crippen LogP contribution is -2.37. The first kappa shape index (κ1) is 11.0. The summed E-state index contributed by atoms with van der Waals surface area (Å²) in [5.41, 5.74) is 0. The van der Waals surface area contributed by atoms with Crippen LogP contribution in [0.1, 0.15) is 32.6 Å². The molecular formula is C11H24N2. The zero-order valence-corrected chi connectivity index (χ0v) is 9.18. The van der Waals surface area contributed by atoms with E-state index in [0.717, 1.165) is 5.92 Å². The number of nitrogens with one attached hydrogen (secondary N) is 1. The Hall–Kier alpha value is -0.0800. The molecule has 0 spiro atoms. The highest BCUT2D eigenvalue weighted by molar-refractivity contribution is 4.71. The van der Waals surface area contributed by atoms with Crippen molar-refractivity contribution >= 4 is 0 Å². The lowest BCUT2D eigenvalue weighted by molar-refractivity contribution is 0.241. The molecular weight excluding hydrogens is 160 g/mol. The van der Waals surface area contributed by atoms with E-state index in [-0.39, 0.29) is 0 Å². The number of hydrogen-bond donors (Lipinski definition) is 1. The van der Waals surface area contributed by atoms with Crippen molar-refractivity contribution in [3.05, 3.63) is 0 Å². The van der Waals surface area contributed by atoms with Gasteiger partial charge < -0.3 is 10.2 Å². The summed E-state index contributed by atoms with van der Waals surface area (Å²) < 4.78 is 0. The van der Waals surface area contributed by atoms with E-state index in [9.17, 15) is 0 Å². The lowest BCUT2D eigenvalue weighted by Gasteiger charge is -2.27. The Labute approximate surface area is 82.7 Å². The van der Waals surface area contributed by atoms with E-state index >= 15 is 0 Å². The number of nitrogens with zero attached hydrogens (tertiary/aromatic N) is 1. The van der Waals surface area contributed by atoms with Gasteiger partial charge in [0, 0.05) is 6.54 Å². The summed E-state index contributed by atoms with van der Waals surface area (Å²) in [6.07, 6.45) is 5.44. The van der Waals surface area contributed by atoms with Gasteiger partial charge in [0.2, 0.25) is 0 Å². The van der Waals surface area contributed by atoms with Crippen LogP contribution in [0.2, 0.25) is 0 Å². The third-order valence-electron chi connectivity index (χ3n) is 2.86. The van der Waals surface area contributed by atoms with Crippen LogP contribution >= 0.6 is 0 Å². The van der Waals surface area contributed by atoms with Crippen molar-refractivity contribution in [2.75, 3.05) is 33.2 Å². The van der Waals surface area contributed by atoms with Crippen molar-refractivity contribution in [1.82, 2.24) is 10.2 Å². The van der Waals surface area contributed by atoms with E-state index in [1.165, 1.54) is 51.9 Å². The molecule has 0 aromatic carbocycles. The fourth-order valence-corrected chi connectivity index (χ4v) is 2.04. The van der Waals surface area contributed by atoms with Crippen LogP contribution in [0.4, 0.5) is 0 Å². The molecule has 1 N–H and O–H groups in total. The molecule has 2 nitrogen and oxygen atoms in total. The van der Waals surface area contributed by atoms with Gasteiger partial charge in [-0.05, 0) is 51.9 Å². The predicted octanol–water partition coefficient (Wildman–Crippen LogP) is 1.72. The molecule has 13 heavy (non-hydrogen) atoms. The highest BCUT2D eigenvalue weighted by Crippen LogP contribution is 2.11. The number of hydrogen-bond acceptors (Lipinski definition) is 2. The summed E-state index contributed by atoms with van der Waals surface area (Å²) in [6, 6.07) is 0. The molecule has 1 fully saturated rings. The zero-order chi connectivity index (χ0) is 9.52. The Bertz CT molecular complexity index is 119. The van der Waals surface area contributed by atoms with Gasteiger partial charge in [-0.3, -0.25) is 0 Å². The molecule has 1 rings (SSSR count). The second-order valence-corrected chi connectivity index (χ2v) is 4.33. The Morgan fingerprint density at radius 1 is 1.46 bits per heavy atom. The van der Waals surface area contributed by atoms with Crippen molar-refractivity contribution in [3.63, 3.8) is 0 Å². The van der Waals surface area contributed by atoms with Crippen molar-refractivity contribution in [2.24, 2.45) is 5.92 Å². The van der Waals surface area contributed by atoms with Crippen molar-refractivity contribution < 1.29 is 0 Å². The molecule has 78 valence electrons. The smallest absolute Gasteiger partial charge is 0.00187 e. The molecule has 0 aromatic heterocycles. The fraction of sp³-hybridized carbons (Fsp3) is 1.00. The number of unbranched alkanes of at least 4 members (excludes halogenated alkanes) is 1. The summed E-state index contributed by atoms with van der Waals surface area (Å²) >= 11 is 0. The van der Waals surface area contributed by atoms with Gasteiger partial charge in [0.25, 0.3) is 0 Å². The second-order valence-electron chi connectivity index (χ2n) is 4.33. The first-order valence-corrected chi connectivity index (χ1v) is 5.72. The molecule has 0 radical (unpaired) electrons. The Kier molecular flexibility index (Phi) is 5.40. The van der Waals surface area contributed by atoms with E-state index in [1.807, 2.05) is 0 Å². The van der Waals surface area contributed by atoms with Crippen molar-refractivity contribution in [2.45, 2.75) is 32.6 Å². The Balaban J connectivity index is 2.07. The quantitative estimate of drug-likeness (QED) is 0.700. The first-order valence-electron chi connectivity index (χ1n) is 5.72. The lowest BCUT2D eigenvalue weighted by atomic mass is 9.99. The van der Waals surface area contributed by atoms with Crippen LogP contribution in [0, 0.1) is 5.92 Å². The molecule has 0 unspecified atom stereocenters. The van der Waals surface area contributed by atoms with Gasteiger partial charge in [-0.2, -0.15) is 0 Å². The van der Waals surface area contributed by atoms with Gasteiger partial charge in [-0.15, -0.1) is 0 Å². The average Bonchev–Trinajstić information content (AvgIpc) is 2.16. The standard InChI is InChI=1S/C11H24N2/c1-3-4-8-13(2)10-11-6-5-7-12-9-11/h11-12H,3-10H2,1-2H3/t11-/m0/s1. The van der Waals surface area contributed by atoms with Crippen LogP contribution in [0.15, 0.2) is 0 Å². The summed E-state index contributed by atoms with van der Waals surface area (Å²) in [7, 11) is 2.25. The highest BCUT2D eigenvalue weighted by Gasteiger charge is 2.14. The maximum atomic E-state index is 3.47. The molecule has 2 heteroatoms. The topological polar surface area (TPSA) is 15.3 Å². The van der Waals surface area contributed by atoms with Gasteiger partial charge >= 0.3 is 0 Å². The van der Waals surface area contributed by atoms with Crippen LogP contribution in [0.5, 0.6) is 0 Å². The van der Waals surface area contributed by atoms with Gasteiger partial charge in [0.15, 0.2) is 0 Å². The minimum atomic E-state index is 0.899. The van der Waals surface area contributed by atoms with Crippen LogP contribution in [0.25, 0.3) is 0 Å². The summed E-state index contributed by atoms with van der Waals surface area (Å²) in [6.45, 7) is 7.28. The maximum absolute atomic E-state index is 3.47. The van der Waals surface area contributed by atoms with Crippen LogP contribution in [-0.4, -0.2) is 38.1 Å². The van der Waals surface area contributed by atoms with Gasteiger partial charge in [-0.25, -0.2) is 0 Å². The third kappa shape index (κ3) is 4.63. The van der Waals surface area contributed by atoms with E-state index in [2.05, 4.69) is 24.2 Å². The second kappa shape index (κ2) is 6.39. The predicted molar refractivity (Wildman–Crippen MR) is 58.0 cm³/mol. The zero-order valence-electron chi connectivity index (χ0n) is 9.18. The van der Waals surface area contributed by atoms with Crippen LogP contribution in [-0.2, 0) is 0 Å². The Morgan fingerprint density at radius 2 is 2.31 bits per heavy atom. The summed E-state index contributed by atoms with van der Waals surface area (Å²) in [5.74, 6) is 0.899. The SMILES string of the molecule is CCCCN(C)C[C@H]1CCCNC1. The maximum Gasteiger partial charge on any atom is 0.00187 e. The average molecular weight is 184 g/mol. The molecule has 0 aliphatic carbocycles. The molecule has 1 heterocycles. The van der Waals surface area contributed by atoms with E-state index < -0.39 is 0 Å². The molecule has 0 amide bonds. The van der Waals surface area contributed by atoms with Crippen LogP contribution in [0.3, 0.4) is 0 Å². The Morgan fingerprint density at radius 3 is 2.92 bits per heavy atom. The number of rotatable bonds is 5. The minimum absolute atomic E-state index is 0.899. The van der Waals surface area contributed by atoms with E-state index in [4.69, 9.17) is 0 Å². The molecule has 1 aliphatic rings. The molecule has 0 saturated carbocycles. The van der Waals surface area contributed by atoms with Crippen molar-refractivity contribution in [1.29, 1.82) is 0 Å². The van der Waals surface area contributed by atoms with Crippen molar-refractivity contribution in [3.8, 4) is 0 Å². The van der Waals surface area contributed by atoms with Gasteiger partial charge in [-0.1, -0.05) is 13.3 Å². The van der Waals surface area contributed by atoms with Crippen LogP contribution < -0.4 is 5.32 Å². The monoisotopic (exact) mass is 184 g/mol. The molecule has 1 aliphatic heterocycles. The minimum Gasteiger partial charge on any atom is -0.316 e. The molecule has 0 bridgehead atoms. The highest BCUT2D eigenvalue weighted by atomic mass is 15.1. The van der Waals surface area contributed by atoms with Gasteiger partial charge in [0.05, 0.1) is 0 Å². The van der Waals surface area contributed by atoms with Gasteiger partial charge in [0.1, 0.15) is 0 Å². The normalized spacial score (nSPS) is 23.8. The number of piperidine rings is 1.